The van der Waals surface area contributed by atoms with E-state index in [1.165, 1.54) is 0 Å². The zero-order chi connectivity index (χ0) is 12.6. The minimum atomic E-state index is -0.724. The molecular formula is C12H25NO3. The number of nitrogens with zero attached hydrogens (tertiary/aromatic N) is 1. The summed E-state index contributed by atoms with van der Waals surface area (Å²) in [6.07, 6.45) is 1.59. The third kappa shape index (κ3) is 6.08. The van der Waals surface area contributed by atoms with Crippen LogP contribution in [-0.4, -0.2) is 48.8 Å². The Balaban J connectivity index is 4.46. The molecule has 16 heavy (non-hydrogen) atoms. The van der Waals surface area contributed by atoms with E-state index in [-0.39, 0.29) is 6.04 Å². The van der Waals surface area contributed by atoms with Gasteiger partial charge in [0.2, 0.25) is 0 Å². The molecule has 0 heterocycles. The molecule has 0 aromatic rings. The molecule has 0 amide bonds. The van der Waals surface area contributed by atoms with Crippen molar-refractivity contribution in [2.75, 3.05) is 26.8 Å². The smallest absolute Gasteiger partial charge is 0.320 e. The summed E-state index contributed by atoms with van der Waals surface area (Å²) in [7, 11) is 1.64. The van der Waals surface area contributed by atoms with Gasteiger partial charge in [0.15, 0.2) is 0 Å². The second-order valence-corrected chi connectivity index (χ2v) is 4.52. The molecule has 0 aliphatic heterocycles. The quantitative estimate of drug-likeness (QED) is 0.658. The molecule has 4 nitrogen and oxygen atoms in total. The molecule has 0 aromatic heterocycles. The van der Waals surface area contributed by atoms with Crippen LogP contribution in [0.5, 0.6) is 0 Å². The Morgan fingerprint density at radius 1 is 1.44 bits per heavy atom. The fourth-order valence-corrected chi connectivity index (χ4v) is 1.79. The highest BCUT2D eigenvalue weighted by Gasteiger charge is 2.24. The average molecular weight is 231 g/mol. The zero-order valence-electron chi connectivity index (χ0n) is 10.9. The lowest BCUT2D eigenvalue weighted by atomic mass is 10.1. The van der Waals surface area contributed by atoms with Crippen LogP contribution < -0.4 is 0 Å². The van der Waals surface area contributed by atoms with E-state index in [0.29, 0.717) is 25.5 Å². The van der Waals surface area contributed by atoms with Crippen LogP contribution in [0.25, 0.3) is 0 Å². The second kappa shape index (κ2) is 8.53. The van der Waals surface area contributed by atoms with Crippen LogP contribution in [0.3, 0.4) is 0 Å². The summed E-state index contributed by atoms with van der Waals surface area (Å²) in [4.78, 5) is 13.2. The second-order valence-electron chi connectivity index (χ2n) is 4.52. The van der Waals surface area contributed by atoms with Crippen LogP contribution in [0.15, 0.2) is 0 Å². The van der Waals surface area contributed by atoms with E-state index in [2.05, 4.69) is 13.8 Å². The van der Waals surface area contributed by atoms with Crippen LogP contribution in [-0.2, 0) is 9.53 Å². The Bertz CT molecular complexity index is 195. The Morgan fingerprint density at radius 3 is 2.44 bits per heavy atom. The summed E-state index contributed by atoms with van der Waals surface area (Å²) in [5.41, 5.74) is 0. The van der Waals surface area contributed by atoms with Crippen molar-refractivity contribution < 1.29 is 14.6 Å². The van der Waals surface area contributed by atoms with Gasteiger partial charge in [-0.1, -0.05) is 27.2 Å². The van der Waals surface area contributed by atoms with Crippen molar-refractivity contribution in [2.24, 2.45) is 5.92 Å². The van der Waals surface area contributed by atoms with Crippen LogP contribution >= 0.6 is 0 Å². The Labute approximate surface area is 98.6 Å². The molecule has 0 rings (SSSR count). The van der Waals surface area contributed by atoms with Crippen molar-refractivity contribution in [3.05, 3.63) is 0 Å². The van der Waals surface area contributed by atoms with Crippen molar-refractivity contribution in [1.82, 2.24) is 4.90 Å². The van der Waals surface area contributed by atoms with E-state index in [1.54, 1.807) is 7.11 Å². The Kier molecular flexibility index (Phi) is 8.21. The third-order valence-electron chi connectivity index (χ3n) is 2.47. The fraction of sp³-hybridized carbons (Fsp3) is 0.917. The van der Waals surface area contributed by atoms with E-state index >= 15 is 0 Å². The van der Waals surface area contributed by atoms with Gasteiger partial charge in [0.05, 0.1) is 6.61 Å². The van der Waals surface area contributed by atoms with Crippen molar-refractivity contribution in [1.29, 1.82) is 0 Å². The summed E-state index contributed by atoms with van der Waals surface area (Å²) in [6, 6.07) is -0.373. The molecule has 0 bridgehead atoms. The molecule has 0 spiro atoms. The maximum absolute atomic E-state index is 11.2. The van der Waals surface area contributed by atoms with Crippen LogP contribution in [0.4, 0.5) is 0 Å². The highest BCUT2D eigenvalue weighted by atomic mass is 16.5. The standard InChI is InChI=1S/C12H25NO3/c1-5-6-11(12(14)15)13(7-8-16-4)9-10(2)3/h10-11H,5-9H2,1-4H3,(H,14,15). The van der Waals surface area contributed by atoms with Gasteiger partial charge in [-0.05, 0) is 12.3 Å². The van der Waals surface area contributed by atoms with E-state index in [0.717, 1.165) is 13.0 Å². The first-order valence-electron chi connectivity index (χ1n) is 5.98. The maximum atomic E-state index is 11.2. The van der Waals surface area contributed by atoms with Gasteiger partial charge in [0, 0.05) is 20.2 Å². The van der Waals surface area contributed by atoms with Crippen LogP contribution in [0, 0.1) is 5.92 Å². The number of carbonyl (C=O) groups is 1. The molecular weight excluding hydrogens is 206 g/mol. The van der Waals surface area contributed by atoms with Gasteiger partial charge < -0.3 is 9.84 Å². The number of hydrogen-bond acceptors (Lipinski definition) is 3. The number of hydrogen-bond donors (Lipinski definition) is 1. The van der Waals surface area contributed by atoms with Gasteiger partial charge >= 0.3 is 5.97 Å². The summed E-state index contributed by atoms with van der Waals surface area (Å²) < 4.78 is 5.03. The van der Waals surface area contributed by atoms with Crippen molar-refractivity contribution in [2.45, 2.75) is 39.7 Å². The van der Waals surface area contributed by atoms with E-state index < -0.39 is 5.97 Å². The number of methoxy groups -OCH3 is 1. The molecule has 1 unspecified atom stereocenters. The molecule has 0 aromatic carbocycles. The molecule has 0 radical (unpaired) electrons. The average Bonchev–Trinajstić information content (AvgIpc) is 2.20. The van der Waals surface area contributed by atoms with Gasteiger partial charge in [0.1, 0.15) is 6.04 Å². The molecule has 0 aliphatic rings. The van der Waals surface area contributed by atoms with E-state index in [9.17, 15) is 9.90 Å². The van der Waals surface area contributed by atoms with Crippen LogP contribution in [0.2, 0.25) is 0 Å². The summed E-state index contributed by atoms with van der Waals surface area (Å²) in [6.45, 7) is 8.29. The third-order valence-corrected chi connectivity index (χ3v) is 2.47. The summed E-state index contributed by atoms with van der Waals surface area (Å²) in [5.74, 6) is -0.255. The maximum Gasteiger partial charge on any atom is 0.320 e. The molecule has 1 atom stereocenters. The molecule has 4 heteroatoms. The predicted octanol–water partition coefficient (Wildman–Crippen LogP) is 1.84. The zero-order valence-corrected chi connectivity index (χ0v) is 10.9. The molecule has 96 valence electrons. The lowest BCUT2D eigenvalue weighted by molar-refractivity contribution is -0.144. The number of ether oxygens (including phenoxy) is 1. The minimum Gasteiger partial charge on any atom is -0.480 e. The normalized spacial score (nSPS) is 13.4. The lowest BCUT2D eigenvalue weighted by Gasteiger charge is -2.29. The fourth-order valence-electron chi connectivity index (χ4n) is 1.79. The highest BCUT2D eigenvalue weighted by molar-refractivity contribution is 5.73. The molecule has 0 saturated heterocycles. The largest absolute Gasteiger partial charge is 0.480 e. The van der Waals surface area contributed by atoms with Gasteiger partial charge in [-0.3, -0.25) is 9.69 Å². The van der Waals surface area contributed by atoms with Gasteiger partial charge in [-0.15, -0.1) is 0 Å². The van der Waals surface area contributed by atoms with Gasteiger partial charge in [-0.25, -0.2) is 0 Å². The topological polar surface area (TPSA) is 49.8 Å². The first kappa shape index (κ1) is 15.4. The van der Waals surface area contributed by atoms with Crippen molar-refractivity contribution in [3.63, 3.8) is 0 Å². The number of aliphatic carboxylic acids is 1. The molecule has 0 aliphatic carbocycles. The molecule has 1 N–H and O–H groups in total. The van der Waals surface area contributed by atoms with Gasteiger partial charge in [0.25, 0.3) is 0 Å². The Morgan fingerprint density at radius 2 is 2.06 bits per heavy atom. The highest BCUT2D eigenvalue weighted by Crippen LogP contribution is 2.10. The van der Waals surface area contributed by atoms with Crippen molar-refractivity contribution in [3.8, 4) is 0 Å². The summed E-state index contributed by atoms with van der Waals surface area (Å²) >= 11 is 0. The minimum absolute atomic E-state index is 0.373. The monoisotopic (exact) mass is 231 g/mol. The lowest BCUT2D eigenvalue weighted by Crippen LogP contribution is -2.44. The first-order valence-corrected chi connectivity index (χ1v) is 5.98. The van der Waals surface area contributed by atoms with E-state index in [1.807, 2.05) is 11.8 Å². The van der Waals surface area contributed by atoms with Crippen molar-refractivity contribution >= 4 is 5.97 Å². The summed E-state index contributed by atoms with van der Waals surface area (Å²) in [5, 5.41) is 9.20. The van der Waals surface area contributed by atoms with Crippen LogP contribution in [0.1, 0.15) is 33.6 Å². The SMILES string of the molecule is CCCC(C(=O)O)N(CCOC)CC(C)C. The van der Waals surface area contributed by atoms with Gasteiger partial charge in [-0.2, -0.15) is 0 Å². The number of carboxylic acids is 1. The van der Waals surface area contributed by atoms with E-state index in [4.69, 9.17) is 4.74 Å². The number of rotatable bonds is 9. The Hall–Kier alpha value is -0.610. The first-order chi connectivity index (χ1) is 7.52. The predicted molar refractivity (Wildman–Crippen MR) is 64.6 cm³/mol. The number of carboxylic acid groups (broad SMARTS) is 1. The molecule has 0 saturated carbocycles. The molecule has 0 fully saturated rings.